The zero-order valence-electron chi connectivity index (χ0n) is 16.4. The highest BCUT2D eigenvalue weighted by Crippen LogP contribution is 2.52. The van der Waals surface area contributed by atoms with Crippen LogP contribution in [0.5, 0.6) is 0 Å². The second-order valence-electron chi connectivity index (χ2n) is 8.41. The van der Waals surface area contributed by atoms with E-state index in [0.717, 1.165) is 36.2 Å². The highest BCUT2D eigenvalue weighted by Gasteiger charge is 2.45. The van der Waals surface area contributed by atoms with Crippen LogP contribution in [0.2, 0.25) is 0 Å². The summed E-state index contributed by atoms with van der Waals surface area (Å²) in [4.78, 5) is 2.27. The first-order chi connectivity index (χ1) is 12.9. The van der Waals surface area contributed by atoms with Crippen LogP contribution in [0.25, 0.3) is 0 Å². The van der Waals surface area contributed by atoms with E-state index in [1.807, 2.05) is 12.1 Å². The lowest BCUT2D eigenvalue weighted by Crippen LogP contribution is -2.33. The molecule has 0 spiro atoms. The van der Waals surface area contributed by atoms with E-state index in [2.05, 4.69) is 50.1 Å². The van der Waals surface area contributed by atoms with Crippen molar-refractivity contribution in [3.05, 3.63) is 82.2 Å². The standard InChI is InChI=1S/C24H28FNO/c1-16(2)18-6-9-21-22(17-4-7-20(25)8-5-17)15-24(27,23(21)14-18)19-10-12-26(3)13-11-19/h4-10,14,16,22,27H,11-13,15H2,1-3H3. The molecule has 1 N–H and O–H groups in total. The maximum Gasteiger partial charge on any atom is 0.123 e. The number of likely N-dealkylation sites (N-methyl/N-ethyl adjacent to an activating group) is 1. The van der Waals surface area contributed by atoms with Gasteiger partial charge in [0, 0.05) is 19.0 Å². The van der Waals surface area contributed by atoms with Crippen LogP contribution in [0.3, 0.4) is 0 Å². The third-order valence-electron chi connectivity index (χ3n) is 6.28. The van der Waals surface area contributed by atoms with Gasteiger partial charge in [0.25, 0.3) is 0 Å². The van der Waals surface area contributed by atoms with Crippen molar-refractivity contribution in [1.82, 2.24) is 4.90 Å². The van der Waals surface area contributed by atoms with Crippen molar-refractivity contribution >= 4 is 0 Å². The largest absolute Gasteiger partial charge is 0.381 e. The number of hydrogen-bond donors (Lipinski definition) is 1. The normalized spacial score (nSPS) is 25.6. The average Bonchev–Trinajstić information content (AvgIpc) is 2.96. The Hall–Kier alpha value is -1.97. The van der Waals surface area contributed by atoms with Gasteiger partial charge in [0.2, 0.25) is 0 Å². The lowest BCUT2D eigenvalue weighted by atomic mass is 9.82. The minimum Gasteiger partial charge on any atom is -0.381 e. The number of hydrogen-bond acceptors (Lipinski definition) is 2. The summed E-state index contributed by atoms with van der Waals surface area (Å²) in [6, 6.07) is 13.3. The molecule has 1 aliphatic heterocycles. The van der Waals surface area contributed by atoms with Crippen molar-refractivity contribution in [3.8, 4) is 0 Å². The van der Waals surface area contributed by atoms with Crippen LogP contribution in [0, 0.1) is 5.82 Å². The van der Waals surface area contributed by atoms with Crippen molar-refractivity contribution < 1.29 is 9.50 Å². The number of fused-ring (bicyclic) bond motifs is 1. The molecule has 1 heterocycles. The molecule has 0 saturated heterocycles. The average molecular weight is 365 g/mol. The van der Waals surface area contributed by atoms with Gasteiger partial charge < -0.3 is 10.0 Å². The summed E-state index contributed by atoms with van der Waals surface area (Å²) in [5.74, 6) is 0.281. The van der Waals surface area contributed by atoms with E-state index in [0.29, 0.717) is 12.3 Å². The van der Waals surface area contributed by atoms with Crippen LogP contribution < -0.4 is 0 Å². The first-order valence-electron chi connectivity index (χ1n) is 9.88. The summed E-state index contributed by atoms with van der Waals surface area (Å²) in [5, 5.41) is 11.9. The van der Waals surface area contributed by atoms with Crippen LogP contribution >= 0.6 is 0 Å². The summed E-state index contributed by atoms with van der Waals surface area (Å²) in [6.45, 7) is 6.21. The van der Waals surface area contributed by atoms with E-state index >= 15 is 0 Å². The van der Waals surface area contributed by atoms with E-state index in [1.54, 1.807) is 0 Å². The van der Waals surface area contributed by atoms with Crippen LogP contribution in [0.15, 0.2) is 54.1 Å². The maximum atomic E-state index is 13.4. The molecule has 2 unspecified atom stereocenters. The summed E-state index contributed by atoms with van der Waals surface area (Å²) in [7, 11) is 2.11. The fraction of sp³-hybridized carbons (Fsp3) is 0.417. The molecule has 0 radical (unpaired) electrons. The Kier molecular flexibility index (Phi) is 4.69. The van der Waals surface area contributed by atoms with Gasteiger partial charge in [0.15, 0.2) is 0 Å². The van der Waals surface area contributed by atoms with Crippen molar-refractivity contribution in [2.45, 2.75) is 44.1 Å². The van der Waals surface area contributed by atoms with Crippen molar-refractivity contribution in [3.63, 3.8) is 0 Å². The van der Waals surface area contributed by atoms with Crippen molar-refractivity contribution in [2.75, 3.05) is 20.1 Å². The first-order valence-corrected chi connectivity index (χ1v) is 9.88. The van der Waals surface area contributed by atoms with Gasteiger partial charge in [-0.25, -0.2) is 4.39 Å². The maximum absolute atomic E-state index is 13.4. The van der Waals surface area contributed by atoms with E-state index in [1.165, 1.54) is 23.3 Å². The Labute approximate surface area is 161 Å². The fourth-order valence-corrected chi connectivity index (χ4v) is 4.55. The fourth-order valence-electron chi connectivity index (χ4n) is 4.55. The van der Waals surface area contributed by atoms with Gasteiger partial charge in [-0.1, -0.05) is 50.3 Å². The van der Waals surface area contributed by atoms with E-state index in [-0.39, 0.29) is 11.7 Å². The highest BCUT2D eigenvalue weighted by molar-refractivity contribution is 5.52. The summed E-state index contributed by atoms with van der Waals surface area (Å²) in [6.07, 6.45) is 3.71. The molecule has 0 bridgehead atoms. The molecule has 142 valence electrons. The van der Waals surface area contributed by atoms with Gasteiger partial charge in [-0.3, -0.25) is 0 Å². The molecule has 2 aliphatic rings. The van der Waals surface area contributed by atoms with Crippen LogP contribution in [-0.4, -0.2) is 30.1 Å². The molecule has 0 fully saturated rings. The van der Waals surface area contributed by atoms with Crippen molar-refractivity contribution in [2.24, 2.45) is 0 Å². The Bertz CT molecular complexity index is 870. The van der Waals surface area contributed by atoms with Gasteiger partial charge in [0.1, 0.15) is 11.4 Å². The predicted molar refractivity (Wildman–Crippen MR) is 107 cm³/mol. The first kappa shape index (κ1) is 18.4. The van der Waals surface area contributed by atoms with Gasteiger partial charge >= 0.3 is 0 Å². The Morgan fingerprint density at radius 3 is 2.52 bits per heavy atom. The molecule has 2 atom stereocenters. The minimum atomic E-state index is -0.930. The Balaban J connectivity index is 1.82. The molecular weight excluding hydrogens is 337 g/mol. The lowest BCUT2D eigenvalue weighted by Gasteiger charge is -2.33. The molecule has 2 aromatic rings. The SMILES string of the molecule is CC(C)c1ccc2c(c1)C(O)(C1=CCN(C)CC1)CC2c1ccc(F)cc1. The number of rotatable bonds is 3. The number of benzene rings is 2. The van der Waals surface area contributed by atoms with Crippen LogP contribution in [0.1, 0.15) is 60.8 Å². The molecule has 0 aromatic heterocycles. The molecular formula is C24H28FNO. The Morgan fingerprint density at radius 1 is 1.15 bits per heavy atom. The smallest absolute Gasteiger partial charge is 0.123 e. The molecule has 2 aromatic carbocycles. The lowest BCUT2D eigenvalue weighted by molar-refractivity contribution is 0.0671. The monoisotopic (exact) mass is 365 g/mol. The Morgan fingerprint density at radius 2 is 1.89 bits per heavy atom. The second kappa shape index (κ2) is 6.88. The van der Waals surface area contributed by atoms with E-state index in [9.17, 15) is 9.50 Å². The molecule has 0 saturated carbocycles. The third-order valence-corrected chi connectivity index (χ3v) is 6.28. The third kappa shape index (κ3) is 3.24. The van der Waals surface area contributed by atoms with E-state index < -0.39 is 5.60 Å². The topological polar surface area (TPSA) is 23.5 Å². The molecule has 27 heavy (non-hydrogen) atoms. The summed E-state index contributed by atoms with van der Waals surface area (Å²) in [5.41, 5.74) is 4.74. The zero-order chi connectivity index (χ0) is 19.2. The quantitative estimate of drug-likeness (QED) is 0.779. The molecule has 4 rings (SSSR count). The zero-order valence-corrected chi connectivity index (χ0v) is 16.4. The highest BCUT2D eigenvalue weighted by atomic mass is 19.1. The van der Waals surface area contributed by atoms with Gasteiger partial charge in [-0.2, -0.15) is 0 Å². The summed E-state index contributed by atoms with van der Waals surface area (Å²) < 4.78 is 13.4. The van der Waals surface area contributed by atoms with Crippen LogP contribution in [-0.2, 0) is 5.60 Å². The minimum absolute atomic E-state index is 0.0902. The second-order valence-corrected chi connectivity index (χ2v) is 8.41. The molecule has 3 heteroatoms. The molecule has 0 amide bonds. The van der Waals surface area contributed by atoms with Gasteiger partial charge in [0.05, 0.1) is 0 Å². The van der Waals surface area contributed by atoms with E-state index in [4.69, 9.17) is 0 Å². The number of halogens is 1. The number of nitrogens with zero attached hydrogens (tertiary/aromatic N) is 1. The summed E-state index contributed by atoms with van der Waals surface area (Å²) >= 11 is 0. The van der Waals surface area contributed by atoms with Gasteiger partial charge in [-0.15, -0.1) is 0 Å². The molecule has 1 aliphatic carbocycles. The van der Waals surface area contributed by atoms with Crippen LogP contribution in [0.4, 0.5) is 4.39 Å². The predicted octanol–water partition coefficient (Wildman–Crippen LogP) is 4.93. The van der Waals surface area contributed by atoms with Crippen molar-refractivity contribution in [1.29, 1.82) is 0 Å². The number of aliphatic hydroxyl groups is 1. The van der Waals surface area contributed by atoms with Gasteiger partial charge in [-0.05, 0) is 65.8 Å². The molecule has 2 nitrogen and oxygen atoms in total.